The highest BCUT2D eigenvalue weighted by Gasteiger charge is 2.32. The molecule has 1 amide bonds. The van der Waals surface area contributed by atoms with Gasteiger partial charge in [-0.1, -0.05) is 32.0 Å². The lowest BCUT2D eigenvalue weighted by molar-refractivity contribution is -0.140. The first-order valence-electron chi connectivity index (χ1n) is 7.46. The molecule has 1 aliphatic rings. The Morgan fingerprint density at radius 1 is 1.20 bits per heavy atom. The number of benzene rings is 1. The van der Waals surface area contributed by atoms with Crippen molar-refractivity contribution in [1.82, 2.24) is 10.2 Å². The number of aryl methyl sites for hydroxylation is 2. The van der Waals surface area contributed by atoms with Crippen molar-refractivity contribution in [3.8, 4) is 0 Å². The van der Waals surface area contributed by atoms with Crippen molar-refractivity contribution < 1.29 is 4.79 Å². The van der Waals surface area contributed by atoms with E-state index in [1.165, 1.54) is 16.7 Å². The van der Waals surface area contributed by atoms with Crippen LogP contribution in [0.25, 0.3) is 0 Å². The Balaban J connectivity index is 2.08. The molecule has 0 radical (unpaired) electrons. The van der Waals surface area contributed by atoms with Crippen LogP contribution in [0.1, 0.15) is 30.5 Å². The molecule has 1 N–H and O–H groups in total. The number of piperazine rings is 1. The second kappa shape index (κ2) is 5.96. The summed E-state index contributed by atoms with van der Waals surface area (Å²) in [5, 5.41) is 3.29. The van der Waals surface area contributed by atoms with Gasteiger partial charge in [0.1, 0.15) is 0 Å². The topological polar surface area (TPSA) is 32.3 Å². The molecule has 0 saturated carbocycles. The molecular weight excluding hydrogens is 248 g/mol. The van der Waals surface area contributed by atoms with Gasteiger partial charge in [-0.05, 0) is 37.0 Å². The van der Waals surface area contributed by atoms with Crippen molar-refractivity contribution in [2.45, 2.75) is 34.1 Å². The number of carbonyl (C=O) groups excluding carboxylic acids is 1. The van der Waals surface area contributed by atoms with Crippen molar-refractivity contribution in [3.05, 3.63) is 34.9 Å². The average molecular weight is 274 g/mol. The molecule has 0 aliphatic carbocycles. The van der Waals surface area contributed by atoms with Crippen molar-refractivity contribution >= 4 is 5.91 Å². The zero-order valence-electron chi connectivity index (χ0n) is 13.1. The van der Waals surface area contributed by atoms with Crippen molar-refractivity contribution in [2.24, 2.45) is 5.41 Å². The van der Waals surface area contributed by atoms with Crippen LogP contribution in [0.3, 0.4) is 0 Å². The lowest BCUT2D eigenvalue weighted by atomic mass is 9.83. The molecule has 1 aromatic carbocycles. The van der Waals surface area contributed by atoms with Gasteiger partial charge in [0.25, 0.3) is 0 Å². The van der Waals surface area contributed by atoms with E-state index < -0.39 is 0 Å². The Labute approximate surface area is 122 Å². The van der Waals surface area contributed by atoms with Crippen LogP contribution in [-0.4, -0.2) is 37.0 Å². The number of carbonyl (C=O) groups is 1. The minimum Gasteiger partial charge on any atom is -0.340 e. The molecule has 20 heavy (non-hydrogen) atoms. The summed E-state index contributed by atoms with van der Waals surface area (Å²) in [6, 6.07) is 6.51. The Hall–Kier alpha value is -1.35. The van der Waals surface area contributed by atoms with E-state index in [0.29, 0.717) is 0 Å². The number of rotatable bonds is 3. The average Bonchev–Trinajstić information content (AvgIpc) is 2.43. The number of hydrogen-bond acceptors (Lipinski definition) is 2. The van der Waals surface area contributed by atoms with E-state index in [-0.39, 0.29) is 11.3 Å². The number of nitrogens with one attached hydrogen (secondary N) is 1. The lowest BCUT2D eigenvalue weighted by Gasteiger charge is -2.34. The molecular formula is C17H26N2O. The summed E-state index contributed by atoms with van der Waals surface area (Å²) >= 11 is 0. The molecule has 110 valence electrons. The fraction of sp³-hybridized carbons (Fsp3) is 0.588. The molecule has 0 unspecified atom stereocenters. The molecule has 3 heteroatoms. The highest BCUT2D eigenvalue weighted by atomic mass is 16.2. The summed E-state index contributed by atoms with van der Waals surface area (Å²) in [5.74, 6) is 0.275. The second-order valence-corrected chi connectivity index (χ2v) is 6.52. The normalized spacial score (nSPS) is 16.3. The van der Waals surface area contributed by atoms with Crippen LogP contribution in [0.4, 0.5) is 0 Å². The third-order valence-electron chi connectivity index (χ3n) is 4.20. The van der Waals surface area contributed by atoms with Gasteiger partial charge in [-0.15, -0.1) is 0 Å². The predicted octanol–water partition coefficient (Wildman–Crippen LogP) is 2.30. The molecule has 3 nitrogen and oxygen atoms in total. The summed E-state index contributed by atoms with van der Waals surface area (Å²) in [4.78, 5) is 14.7. The number of nitrogens with zero attached hydrogens (tertiary/aromatic N) is 1. The largest absolute Gasteiger partial charge is 0.340 e. The Bertz CT molecular complexity index is 488. The maximum Gasteiger partial charge on any atom is 0.228 e. The van der Waals surface area contributed by atoms with Gasteiger partial charge in [0.2, 0.25) is 5.91 Å². The highest BCUT2D eigenvalue weighted by molar-refractivity contribution is 5.82. The maximum atomic E-state index is 12.7. The first-order chi connectivity index (χ1) is 9.40. The predicted molar refractivity (Wildman–Crippen MR) is 82.9 cm³/mol. The SMILES string of the molecule is Cc1ccc(CC(C)(C)C(=O)N2CCNCC2)cc1C. The third-order valence-corrected chi connectivity index (χ3v) is 4.20. The first-order valence-corrected chi connectivity index (χ1v) is 7.46. The molecule has 1 aromatic rings. The van der Waals surface area contributed by atoms with Crippen molar-refractivity contribution in [2.75, 3.05) is 26.2 Å². The van der Waals surface area contributed by atoms with Crippen LogP contribution < -0.4 is 5.32 Å². The van der Waals surface area contributed by atoms with Gasteiger partial charge < -0.3 is 10.2 Å². The van der Waals surface area contributed by atoms with E-state index in [2.05, 4.69) is 51.2 Å². The molecule has 2 rings (SSSR count). The van der Waals surface area contributed by atoms with Gasteiger partial charge in [0.15, 0.2) is 0 Å². The van der Waals surface area contributed by atoms with Gasteiger partial charge in [-0.3, -0.25) is 4.79 Å². The molecule has 0 bridgehead atoms. The summed E-state index contributed by atoms with van der Waals surface area (Å²) in [6.07, 6.45) is 0.802. The van der Waals surface area contributed by atoms with Gasteiger partial charge >= 0.3 is 0 Å². The third kappa shape index (κ3) is 3.40. The van der Waals surface area contributed by atoms with Crippen LogP contribution in [0.2, 0.25) is 0 Å². The van der Waals surface area contributed by atoms with Crippen LogP contribution >= 0.6 is 0 Å². The van der Waals surface area contributed by atoms with Gasteiger partial charge in [-0.25, -0.2) is 0 Å². The number of amides is 1. The Morgan fingerprint density at radius 3 is 2.45 bits per heavy atom. The summed E-state index contributed by atoms with van der Waals surface area (Å²) in [6.45, 7) is 11.8. The zero-order valence-corrected chi connectivity index (χ0v) is 13.1. The summed E-state index contributed by atoms with van der Waals surface area (Å²) in [5.41, 5.74) is 3.52. The molecule has 1 aliphatic heterocycles. The lowest BCUT2D eigenvalue weighted by Crippen LogP contribution is -2.51. The van der Waals surface area contributed by atoms with Gasteiger partial charge in [0.05, 0.1) is 0 Å². The second-order valence-electron chi connectivity index (χ2n) is 6.52. The number of hydrogen-bond donors (Lipinski definition) is 1. The minimum absolute atomic E-state index is 0.275. The van der Waals surface area contributed by atoms with Gasteiger partial charge in [0, 0.05) is 31.6 Å². The van der Waals surface area contributed by atoms with Crippen molar-refractivity contribution in [1.29, 1.82) is 0 Å². The van der Waals surface area contributed by atoms with Crippen molar-refractivity contribution in [3.63, 3.8) is 0 Å². The molecule has 0 spiro atoms. The molecule has 0 aromatic heterocycles. The Morgan fingerprint density at radius 2 is 1.85 bits per heavy atom. The molecule has 1 heterocycles. The van der Waals surface area contributed by atoms with Crippen LogP contribution in [0.15, 0.2) is 18.2 Å². The van der Waals surface area contributed by atoms with E-state index >= 15 is 0 Å². The molecule has 1 fully saturated rings. The molecule has 1 saturated heterocycles. The maximum absolute atomic E-state index is 12.7. The summed E-state index contributed by atoms with van der Waals surface area (Å²) in [7, 11) is 0. The monoisotopic (exact) mass is 274 g/mol. The smallest absolute Gasteiger partial charge is 0.228 e. The fourth-order valence-corrected chi connectivity index (χ4v) is 2.80. The fourth-order valence-electron chi connectivity index (χ4n) is 2.80. The molecule has 0 atom stereocenters. The van der Waals surface area contributed by atoms with E-state index in [9.17, 15) is 4.79 Å². The first kappa shape index (κ1) is 15.0. The standard InChI is InChI=1S/C17H26N2O/c1-13-5-6-15(11-14(13)2)12-17(3,4)16(20)19-9-7-18-8-10-19/h5-6,11,18H,7-10,12H2,1-4H3. The van der Waals surface area contributed by atoms with E-state index in [4.69, 9.17) is 0 Å². The van der Waals surface area contributed by atoms with Crippen LogP contribution in [0.5, 0.6) is 0 Å². The van der Waals surface area contributed by atoms with Crippen LogP contribution in [0, 0.1) is 19.3 Å². The zero-order chi connectivity index (χ0) is 14.8. The summed E-state index contributed by atoms with van der Waals surface area (Å²) < 4.78 is 0. The van der Waals surface area contributed by atoms with E-state index in [0.717, 1.165) is 32.6 Å². The van der Waals surface area contributed by atoms with E-state index in [1.807, 2.05) is 4.90 Å². The van der Waals surface area contributed by atoms with Crippen LogP contribution in [-0.2, 0) is 11.2 Å². The minimum atomic E-state index is -0.334. The van der Waals surface area contributed by atoms with Gasteiger partial charge in [-0.2, -0.15) is 0 Å². The highest BCUT2D eigenvalue weighted by Crippen LogP contribution is 2.26. The van der Waals surface area contributed by atoms with E-state index in [1.54, 1.807) is 0 Å². The Kier molecular flexibility index (Phi) is 4.48. The quantitative estimate of drug-likeness (QED) is 0.917.